The second-order valence-corrected chi connectivity index (χ2v) is 2.81. The van der Waals surface area contributed by atoms with Crippen LogP contribution in [0.2, 0.25) is 0 Å². The Morgan fingerprint density at radius 1 is 1.69 bits per heavy atom. The van der Waals surface area contributed by atoms with E-state index in [0.29, 0.717) is 5.69 Å². The first-order chi connectivity index (χ1) is 6.24. The Bertz CT molecular complexity index is 297. The highest BCUT2D eigenvalue weighted by atomic mass is 16.2. The minimum Gasteiger partial charge on any atom is -0.351 e. The van der Waals surface area contributed by atoms with Crippen LogP contribution >= 0.6 is 0 Å². The van der Waals surface area contributed by atoms with Gasteiger partial charge in [-0.2, -0.15) is 0 Å². The predicted molar refractivity (Wildman–Crippen MR) is 52.5 cm³/mol. The molecule has 0 fully saturated rings. The molecule has 0 aliphatic rings. The largest absolute Gasteiger partial charge is 0.351 e. The molecule has 0 atom stereocenters. The molecule has 0 unspecified atom stereocenters. The molecule has 0 spiro atoms. The number of carbonyl (C=O) groups excluding carboxylic acids is 1. The molecule has 1 radical (unpaired) electrons. The maximum absolute atomic E-state index is 10.6. The van der Waals surface area contributed by atoms with Crippen LogP contribution in [-0.4, -0.2) is 6.03 Å². The van der Waals surface area contributed by atoms with Crippen molar-refractivity contribution in [3.8, 4) is 0 Å². The van der Waals surface area contributed by atoms with Gasteiger partial charge < -0.3 is 11.1 Å². The molecule has 0 aliphatic carbocycles. The SMILES string of the molecule is CCCc1ccc[c]c1NC(N)=O. The third-order valence-electron chi connectivity index (χ3n) is 1.71. The predicted octanol–water partition coefficient (Wildman–Crippen LogP) is 1.93. The van der Waals surface area contributed by atoms with Crippen LogP contribution in [-0.2, 0) is 6.42 Å². The van der Waals surface area contributed by atoms with E-state index in [1.165, 1.54) is 0 Å². The van der Waals surface area contributed by atoms with E-state index in [0.717, 1.165) is 18.4 Å². The molecule has 0 saturated carbocycles. The number of hydrogen-bond donors (Lipinski definition) is 2. The van der Waals surface area contributed by atoms with Gasteiger partial charge in [0.25, 0.3) is 0 Å². The van der Waals surface area contributed by atoms with Crippen molar-refractivity contribution < 1.29 is 4.79 Å². The first-order valence-corrected chi connectivity index (χ1v) is 4.30. The van der Waals surface area contributed by atoms with Crippen LogP contribution in [0.1, 0.15) is 18.9 Å². The fourth-order valence-electron chi connectivity index (χ4n) is 1.19. The summed E-state index contributed by atoms with van der Waals surface area (Å²) < 4.78 is 0. The summed E-state index contributed by atoms with van der Waals surface area (Å²) in [4.78, 5) is 10.6. The van der Waals surface area contributed by atoms with E-state index in [1.807, 2.05) is 12.1 Å². The molecular weight excluding hydrogens is 164 g/mol. The Morgan fingerprint density at radius 2 is 2.46 bits per heavy atom. The van der Waals surface area contributed by atoms with Gasteiger partial charge in [-0.1, -0.05) is 31.5 Å². The van der Waals surface area contributed by atoms with Crippen molar-refractivity contribution in [1.29, 1.82) is 0 Å². The van der Waals surface area contributed by atoms with Crippen molar-refractivity contribution in [2.24, 2.45) is 5.73 Å². The number of amides is 2. The molecule has 13 heavy (non-hydrogen) atoms. The third-order valence-corrected chi connectivity index (χ3v) is 1.71. The number of anilines is 1. The quantitative estimate of drug-likeness (QED) is 0.728. The van der Waals surface area contributed by atoms with Crippen molar-refractivity contribution in [3.63, 3.8) is 0 Å². The number of urea groups is 1. The van der Waals surface area contributed by atoms with Crippen LogP contribution in [0.4, 0.5) is 10.5 Å². The Balaban J connectivity index is 2.84. The zero-order valence-corrected chi connectivity index (χ0v) is 7.63. The lowest BCUT2D eigenvalue weighted by Gasteiger charge is -2.07. The van der Waals surface area contributed by atoms with Crippen LogP contribution in [0, 0.1) is 6.07 Å². The zero-order chi connectivity index (χ0) is 9.68. The molecule has 0 saturated heterocycles. The Hall–Kier alpha value is -1.51. The van der Waals surface area contributed by atoms with Crippen molar-refractivity contribution in [3.05, 3.63) is 29.8 Å². The number of nitrogens with one attached hydrogen (secondary N) is 1. The average molecular weight is 177 g/mol. The van der Waals surface area contributed by atoms with E-state index < -0.39 is 6.03 Å². The molecule has 1 aromatic rings. The van der Waals surface area contributed by atoms with Crippen LogP contribution in [0.25, 0.3) is 0 Å². The van der Waals surface area contributed by atoms with Crippen molar-refractivity contribution in [1.82, 2.24) is 0 Å². The van der Waals surface area contributed by atoms with Gasteiger partial charge >= 0.3 is 6.03 Å². The van der Waals surface area contributed by atoms with Gasteiger partial charge in [0.05, 0.1) is 5.69 Å². The van der Waals surface area contributed by atoms with E-state index in [1.54, 1.807) is 6.07 Å². The number of hydrogen-bond acceptors (Lipinski definition) is 1. The molecule has 0 heterocycles. The smallest absolute Gasteiger partial charge is 0.316 e. The molecule has 0 aromatic heterocycles. The van der Waals surface area contributed by atoms with Gasteiger partial charge in [0.2, 0.25) is 0 Å². The summed E-state index contributed by atoms with van der Waals surface area (Å²) in [5.74, 6) is 0. The summed E-state index contributed by atoms with van der Waals surface area (Å²) in [6, 6.07) is 8.02. The molecule has 1 aromatic carbocycles. The number of primary amides is 1. The first kappa shape index (κ1) is 9.58. The standard InChI is InChI=1S/C10H13N2O/c1-2-5-8-6-3-4-7-9(8)12-10(11)13/h3-4,6H,2,5H2,1H3,(H3,11,12,13). The fraction of sp³-hybridized carbons (Fsp3) is 0.300. The summed E-state index contributed by atoms with van der Waals surface area (Å²) in [6.45, 7) is 2.08. The summed E-state index contributed by atoms with van der Waals surface area (Å²) >= 11 is 0. The number of aryl methyl sites for hydroxylation is 1. The number of carbonyl (C=O) groups is 1. The third kappa shape index (κ3) is 2.78. The fourth-order valence-corrected chi connectivity index (χ4v) is 1.19. The number of nitrogens with two attached hydrogens (primary N) is 1. The number of benzene rings is 1. The van der Waals surface area contributed by atoms with Crippen molar-refractivity contribution in [2.45, 2.75) is 19.8 Å². The molecule has 2 amide bonds. The summed E-state index contributed by atoms with van der Waals surface area (Å²) in [7, 11) is 0. The Morgan fingerprint density at radius 3 is 3.08 bits per heavy atom. The highest BCUT2D eigenvalue weighted by Gasteiger charge is 2.01. The maximum atomic E-state index is 10.6. The first-order valence-electron chi connectivity index (χ1n) is 4.30. The Labute approximate surface area is 77.9 Å². The molecular formula is C10H13N2O. The molecule has 69 valence electrons. The lowest BCUT2D eigenvalue weighted by atomic mass is 10.1. The maximum Gasteiger partial charge on any atom is 0.316 e. The van der Waals surface area contributed by atoms with Gasteiger partial charge in [0.1, 0.15) is 0 Å². The number of rotatable bonds is 3. The second kappa shape index (κ2) is 4.50. The van der Waals surface area contributed by atoms with Crippen LogP contribution in [0.15, 0.2) is 18.2 Å². The normalized spacial score (nSPS) is 9.62. The van der Waals surface area contributed by atoms with Crippen LogP contribution < -0.4 is 11.1 Å². The highest BCUT2D eigenvalue weighted by Crippen LogP contribution is 2.15. The lowest BCUT2D eigenvalue weighted by Crippen LogP contribution is -2.20. The van der Waals surface area contributed by atoms with E-state index in [4.69, 9.17) is 5.73 Å². The summed E-state index contributed by atoms with van der Waals surface area (Å²) in [5, 5.41) is 2.54. The van der Waals surface area contributed by atoms with Crippen LogP contribution in [0.5, 0.6) is 0 Å². The highest BCUT2D eigenvalue weighted by molar-refractivity contribution is 5.88. The summed E-state index contributed by atoms with van der Waals surface area (Å²) in [6.07, 6.45) is 1.96. The van der Waals surface area contributed by atoms with Gasteiger partial charge in [0.15, 0.2) is 0 Å². The molecule has 3 heteroatoms. The number of para-hydroxylation sites is 1. The minimum absolute atomic E-state index is 0.542. The van der Waals surface area contributed by atoms with Gasteiger partial charge in [-0.25, -0.2) is 4.79 Å². The average Bonchev–Trinajstić information content (AvgIpc) is 2.08. The summed E-state index contributed by atoms with van der Waals surface area (Å²) in [5.41, 5.74) is 6.78. The zero-order valence-electron chi connectivity index (χ0n) is 7.63. The molecule has 0 aliphatic heterocycles. The monoisotopic (exact) mass is 177 g/mol. The van der Waals surface area contributed by atoms with Gasteiger partial charge in [-0.05, 0) is 12.0 Å². The van der Waals surface area contributed by atoms with E-state index in [-0.39, 0.29) is 0 Å². The van der Waals surface area contributed by atoms with E-state index in [9.17, 15) is 4.79 Å². The molecule has 1 rings (SSSR count). The topological polar surface area (TPSA) is 55.1 Å². The van der Waals surface area contributed by atoms with Crippen molar-refractivity contribution >= 4 is 11.7 Å². The minimum atomic E-state index is -0.542. The molecule has 0 bridgehead atoms. The molecule has 3 N–H and O–H groups in total. The molecule has 3 nitrogen and oxygen atoms in total. The van der Waals surface area contributed by atoms with E-state index >= 15 is 0 Å². The van der Waals surface area contributed by atoms with E-state index in [2.05, 4.69) is 18.3 Å². The lowest BCUT2D eigenvalue weighted by molar-refractivity contribution is 0.259. The van der Waals surface area contributed by atoms with Crippen LogP contribution in [0.3, 0.4) is 0 Å². The van der Waals surface area contributed by atoms with Gasteiger partial charge in [-0.15, -0.1) is 0 Å². The van der Waals surface area contributed by atoms with Gasteiger partial charge in [0, 0.05) is 6.07 Å². The Kier molecular flexibility index (Phi) is 3.31. The van der Waals surface area contributed by atoms with Gasteiger partial charge in [-0.3, -0.25) is 0 Å². The second-order valence-electron chi connectivity index (χ2n) is 2.81. The van der Waals surface area contributed by atoms with Crippen molar-refractivity contribution in [2.75, 3.05) is 5.32 Å².